The van der Waals surface area contributed by atoms with E-state index in [-0.39, 0.29) is 0 Å². The van der Waals surface area contributed by atoms with Gasteiger partial charge in [0.1, 0.15) is 0 Å². The molecule has 0 atom stereocenters. The minimum absolute atomic E-state index is 0.731. The van der Waals surface area contributed by atoms with Crippen LogP contribution in [0, 0.1) is 0 Å². The fourth-order valence-electron chi connectivity index (χ4n) is 1.09. The Hall–Kier alpha value is -0.770. The number of nitrogens with zero attached hydrogens (tertiary/aromatic N) is 1. The molecule has 1 N–H and O–H groups in total. The molecule has 0 saturated carbocycles. The molecule has 2 fully saturated rings. The van der Waals surface area contributed by atoms with Crippen LogP contribution >= 0.6 is 0 Å². The van der Waals surface area contributed by atoms with E-state index in [0.29, 0.717) is 0 Å². The Labute approximate surface area is 72.1 Å². The normalized spacial score (nSPS) is 20.8. The summed E-state index contributed by atoms with van der Waals surface area (Å²) in [5.41, 5.74) is 0. The summed E-state index contributed by atoms with van der Waals surface area (Å²) in [5.74, 6) is 0. The molecule has 2 heterocycles. The molecule has 4 nitrogen and oxygen atoms in total. The van der Waals surface area contributed by atoms with Crippen molar-refractivity contribution < 1.29 is 14.6 Å². The van der Waals surface area contributed by atoms with Gasteiger partial charge in [-0.2, -0.15) is 0 Å². The van der Waals surface area contributed by atoms with Crippen molar-refractivity contribution in [3.8, 4) is 0 Å². The van der Waals surface area contributed by atoms with Gasteiger partial charge in [-0.1, -0.05) is 0 Å². The van der Waals surface area contributed by atoms with Crippen molar-refractivity contribution in [1.29, 1.82) is 0 Å². The molecule has 4 heteroatoms. The summed E-state index contributed by atoms with van der Waals surface area (Å²) in [6, 6.07) is 0. The van der Waals surface area contributed by atoms with Crippen LogP contribution in [0.2, 0.25) is 0 Å². The van der Waals surface area contributed by atoms with Gasteiger partial charge in [0.15, 0.2) is 0 Å². The number of amides is 1. The predicted molar refractivity (Wildman–Crippen MR) is 44.3 cm³/mol. The Morgan fingerprint density at radius 3 is 1.92 bits per heavy atom. The first kappa shape index (κ1) is 9.32. The quantitative estimate of drug-likeness (QED) is 0.559. The Balaban J connectivity index is 0.000000200. The zero-order valence-corrected chi connectivity index (χ0v) is 7.16. The van der Waals surface area contributed by atoms with E-state index < -0.39 is 6.09 Å². The molecule has 0 unspecified atom stereocenters. The van der Waals surface area contributed by atoms with E-state index in [0.717, 1.165) is 39.1 Å². The number of carbonyl (C=O) groups is 1. The Kier molecular flexibility index (Phi) is 3.87. The van der Waals surface area contributed by atoms with E-state index in [1.165, 1.54) is 11.3 Å². The predicted octanol–water partition coefficient (Wildman–Crippen LogP) is 1.17. The number of piperidine rings is 1. The standard InChI is InChI=1S/C6H11NO2.C2H4O/c8-6(9)7-4-2-1-3-5-7;1-2-3-1/h1-5H2,(H,8,9);1-2H2. The minimum atomic E-state index is -0.769. The van der Waals surface area contributed by atoms with Crippen LogP contribution in [0.4, 0.5) is 4.79 Å². The lowest BCUT2D eigenvalue weighted by atomic mass is 10.1. The van der Waals surface area contributed by atoms with Crippen LogP contribution in [0.25, 0.3) is 0 Å². The number of hydrogen-bond donors (Lipinski definition) is 1. The maximum absolute atomic E-state index is 10.3. The lowest BCUT2D eigenvalue weighted by Gasteiger charge is -2.22. The van der Waals surface area contributed by atoms with Crippen LogP contribution in [-0.4, -0.2) is 42.4 Å². The van der Waals surface area contributed by atoms with Crippen molar-refractivity contribution >= 4 is 6.09 Å². The van der Waals surface area contributed by atoms with E-state index >= 15 is 0 Å². The third kappa shape index (κ3) is 4.18. The molecule has 0 radical (unpaired) electrons. The van der Waals surface area contributed by atoms with Crippen molar-refractivity contribution in [3.05, 3.63) is 0 Å². The Morgan fingerprint density at radius 2 is 1.67 bits per heavy atom. The molecule has 0 bridgehead atoms. The molecule has 0 aromatic heterocycles. The summed E-state index contributed by atoms with van der Waals surface area (Å²) in [5, 5.41) is 8.46. The summed E-state index contributed by atoms with van der Waals surface area (Å²) < 4.78 is 4.50. The number of hydrogen-bond acceptors (Lipinski definition) is 2. The van der Waals surface area contributed by atoms with Crippen LogP contribution in [-0.2, 0) is 4.74 Å². The van der Waals surface area contributed by atoms with E-state index in [4.69, 9.17) is 5.11 Å². The van der Waals surface area contributed by atoms with Crippen molar-refractivity contribution in [3.63, 3.8) is 0 Å². The van der Waals surface area contributed by atoms with E-state index in [1.54, 1.807) is 0 Å². The van der Waals surface area contributed by atoms with Gasteiger partial charge in [0.05, 0.1) is 13.2 Å². The molecule has 2 aliphatic rings. The monoisotopic (exact) mass is 173 g/mol. The summed E-state index contributed by atoms with van der Waals surface area (Å²) in [4.78, 5) is 11.8. The van der Waals surface area contributed by atoms with Gasteiger partial charge in [-0.3, -0.25) is 0 Å². The van der Waals surface area contributed by atoms with Crippen molar-refractivity contribution in [2.45, 2.75) is 19.3 Å². The Bertz CT molecular complexity index is 138. The SMILES string of the molecule is C1CO1.O=C(O)N1CCCCC1. The first-order valence-corrected chi connectivity index (χ1v) is 4.36. The molecule has 0 aromatic carbocycles. The number of ether oxygens (including phenoxy) is 1. The van der Waals surface area contributed by atoms with Gasteiger partial charge < -0.3 is 14.7 Å². The molecular weight excluding hydrogens is 158 g/mol. The van der Waals surface area contributed by atoms with Crippen molar-refractivity contribution in [2.24, 2.45) is 0 Å². The van der Waals surface area contributed by atoms with Gasteiger partial charge in [0.2, 0.25) is 0 Å². The van der Waals surface area contributed by atoms with Gasteiger partial charge in [0.25, 0.3) is 0 Å². The molecule has 1 amide bonds. The van der Waals surface area contributed by atoms with Gasteiger partial charge in [-0.05, 0) is 19.3 Å². The summed E-state index contributed by atoms with van der Waals surface area (Å²) in [7, 11) is 0. The largest absolute Gasteiger partial charge is 0.465 e. The molecular formula is C8H15NO3. The highest BCUT2D eigenvalue weighted by atomic mass is 16.6. The second-order valence-electron chi connectivity index (χ2n) is 2.94. The fourth-order valence-corrected chi connectivity index (χ4v) is 1.09. The summed E-state index contributed by atoms with van der Waals surface area (Å²) in [6.45, 7) is 3.46. The highest BCUT2D eigenvalue weighted by Gasteiger charge is 2.13. The first-order chi connectivity index (χ1) is 5.80. The van der Waals surface area contributed by atoms with Gasteiger partial charge in [-0.15, -0.1) is 0 Å². The molecule has 2 rings (SSSR count). The van der Waals surface area contributed by atoms with Crippen LogP contribution < -0.4 is 0 Å². The molecule has 0 aliphatic carbocycles. The second-order valence-corrected chi connectivity index (χ2v) is 2.94. The maximum Gasteiger partial charge on any atom is 0.407 e. The lowest BCUT2D eigenvalue weighted by Crippen LogP contribution is -2.34. The molecule has 0 aromatic rings. The van der Waals surface area contributed by atoms with Crippen LogP contribution in [0.5, 0.6) is 0 Å². The topological polar surface area (TPSA) is 53.1 Å². The maximum atomic E-state index is 10.3. The highest BCUT2D eigenvalue weighted by molar-refractivity contribution is 5.64. The van der Waals surface area contributed by atoms with Gasteiger partial charge in [0, 0.05) is 13.1 Å². The lowest BCUT2D eigenvalue weighted by molar-refractivity contribution is 0.136. The molecule has 2 saturated heterocycles. The number of carboxylic acid groups (broad SMARTS) is 1. The second kappa shape index (κ2) is 4.98. The van der Waals surface area contributed by atoms with E-state index in [1.807, 2.05) is 0 Å². The highest BCUT2D eigenvalue weighted by Crippen LogP contribution is 2.07. The van der Waals surface area contributed by atoms with Gasteiger partial charge in [-0.25, -0.2) is 4.79 Å². The molecule has 2 aliphatic heterocycles. The summed E-state index contributed by atoms with van der Waals surface area (Å²) in [6.07, 6.45) is 2.48. The van der Waals surface area contributed by atoms with E-state index in [2.05, 4.69) is 4.74 Å². The van der Waals surface area contributed by atoms with Gasteiger partial charge >= 0.3 is 6.09 Å². The Morgan fingerprint density at radius 1 is 1.17 bits per heavy atom. The van der Waals surface area contributed by atoms with Crippen molar-refractivity contribution in [1.82, 2.24) is 4.90 Å². The average Bonchev–Trinajstić information content (AvgIpc) is 2.92. The van der Waals surface area contributed by atoms with Crippen LogP contribution in [0.15, 0.2) is 0 Å². The molecule has 70 valence electrons. The number of rotatable bonds is 0. The molecule has 12 heavy (non-hydrogen) atoms. The average molecular weight is 173 g/mol. The first-order valence-electron chi connectivity index (χ1n) is 4.36. The zero-order valence-electron chi connectivity index (χ0n) is 7.16. The number of likely N-dealkylation sites (tertiary alicyclic amines) is 1. The smallest absolute Gasteiger partial charge is 0.407 e. The third-order valence-electron chi connectivity index (χ3n) is 1.83. The molecule has 0 spiro atoms. The zero-order chi connectivity index (χ0) is 8.81. The minimum Gasteiger partial charge on any atom is -0.465 e. The fraction of sp³-hybridized carbons (Fsp3) is 0.875. The van der Waals surface area contributed by atoms with E-state index in [9.17, 15) is 4.79 Å². The van der Waals surface area contributed by atoms with Crippen LogP contribution in [0.1, 0.15) is 19.3 Å². The number of epoxide rings is 1. The van der Waals surface area contributed by atoms with Crippen molar-refractivity contribution in [2.75, 3.05) is 26.3 Å². The summed E-state index contributed by atoms with van der Waals surface area (Å²) >= 11 is 0. The van der Waals surface area contributed by atoms with Crippen LogP contribution in [0.3, 0.4) is 0 Å². The third-order valence-corrected chi connectivity index (χ3v) is 1.83.